The minimum Gasteiger partial charge on any atom is -0.496 e. The molecule has 1 aliphatic heterocycles. The third kappa shape index (κ3) is 3.50. The number of carbonyl (C=O) groups excluding carboxylic acids is 1. The molecule has 0 radical (unpaired) electrons. The number of anilines is 1. The van der Waals surface area contributed by atoms with E-state index in [4.69, 9.17) is 9.57 Å². The van der Waals surface area contributed by atoms with E-state index in [1.165, 1.54) is 0 Å². The van der Waals surface area contributed by atoms with Gasteiger partial charge in [0.1, 0.15) is 11.6 Å². The first-order chi connectivity index (χ1) is 11.2. The van der Waals surface area contributed by atoms with Crippen molar-refractivity contribution in [2.75, 3.05) is 12.4 Å². The summed E-state index contributed by atoms with van der Waals surface area (Å²) in [4.78, 5) is 21.6. The molecular weight excluding hydrogens is 362 g/mol. The molecule has 0 bridgehead atoms. The smallest absolute Gasteiger partial charge is 0.269 e. The molecule has 1 aromatic heterocycles. The van der Waals surface area contributed by atoms with Crippen LogP contribution in [0.1, 0.15) is 12.0 Å². The van der Waals surface area contributed by atoms with Crippen molar-refractivity contribution in [3.05, 3.63) is 52.6 Å². The number of amides is 1. The zero-order chi connectivity index (χ0) is 16.2. The number of benzene rings is 1. The minimum absolute atomic E-state index is 0.284. The molecule has 7 heteroatoms. The molecule has 1 amide bonds. The predicted octanol–water partition coefficient (Wildman–Crippen LogP) is 2.98. The monoisotopic (exact) mass is 375 g/mol. The molecule has 1 aliphatic rings. The van der Waals surface area contributed by atoms with Crippen LogP contribution in [0, 0.1) is 0 Å². The molecule has 1 atom stereocenters. The molecule has 0 aliphatic carbocycles. The molecular formula is C16H14BrN3O3. The first kappa shape index (κ1) is 15.5. The molecule has 23 heavy (non-hydrogen) atoms. The van der Waals surface area contributed by atoms with Crippen LogP contribution < -0.4 is 10.1 Å². The van der Waals surface area contributed by atoms with Gasteiger partial charge in [-0.2, -0.15) is 0 Å². The molecule has 2 aromatic rings. The van der Waals surface area contributed by atoms with Gasteiger partial charge in [-0.3, -0.25) is 4.79 Å². The van der Waals surface area contributed by atoms with Crippen molar-refractivity contribution in [1.82, 2.24) is 4.98 Å². The highest BCUT2D eigenvalue weighted by molar-refractivity contribution is 9.10. The number of nitrogens with zero attached hydrogens (tertiary/aromatic N) is 2. The van der Waals surface area contributed by atoms with Crippen molar-refractivity contribution in [2.45, 2.75) is 12.5 Å². The van der Waals surface area contributed by atoms with Gasteiger partial charge >= 0.3 is 0 Å². The Morgan fingerprint density at radius 1 is 1.35 bits per heavy atom. The SMILES string of the molecule is COc1ccccc1C1=NOC(C(=O)Nc2ccc(Br)cn2)C1. The third-order valence-electron chi connectivity index (χ3n) is 3.36. The summed E-state index contributed by atoms with van der Waals surface area (Å²) in [5.74, 6) is 0.881. The average molecular weight is 376 g/mol. The fourth-order valence-corrected chi connectivity index (χ4v) is 2.45. The summed E-state index contributed by atoms with van der Waals surface area (Å²) in [6.07, 6.45) is 1.31. The molecule has 3 rings (SSSR count). The number of pyridine rings is 1. The van der Waals surface area contributed by atoms with Gasteiger partial charge in [0, 0.05) is 22.7 Å². The van der Waals surface area contributed by atoms with Gasteiger partial charge in [-0.1, -0.05) is 17.3 Å². The molecule has 1 unspecified atom stereocenters. The number of nitrogens with one attached hydrogen (secondary N) is 1. The Hall–Kier alpha value is -2.41. The Bertz CT molecular complexity index is 746. The summed E-state index contributed by atoms with van der Waals surface area (Å²) < 4.78 is 6.15. The first-order valence-corrected chi connectivity index (χ1v) is 7.75. The maximum atomic E-state index is 12.2. The van der Waals surface area contributed by atoms with Crippen molar-refractivity contribution in [1.29, 1.82) is 0 Å². The van der Waals surface area contributed by atoms with Gasteiger partial charge in [-0.05, 0) is 40.2 Å². The lowest BCUT2D eigenvalue weighted by atomic mass is 10.0. The number of rotatable bonds is 4. The van der Waals surface area contributed by atoms with Crippen LogP contribution in [0.3, 0.4) is 0 Å². The molecule has 0 saturated heterocycles. The number of oxime groups is 1. The van der Waals surface area contributed by atoms with Crippen molar-refractivity contribution >= 4 is 33.4 Å². The fourth-order valence-electron chi connectivity index (χ4n) is 2.22. The largest absolute Gasteiger partial charge is 0.496 e. The van der Waals surface area contributed by atoms with Crippen LogP contribution in [0.5, 0.6) is 5.75 Å². The Morgan fingerprint density at radius 2 is 2.17 bits per heavy atom. The maximum Gasteiger partial charge on any atom is 0.269 e. The summed E-state index contributed by atoms with van der Waals surface area (Å²) >= 11 is 3.30. The van der Waals surface area contributed by atoms with E-state index >= 15 is 0 Å². The molecule has 1 aromatic carbocycles. The highest BCUT2D eigenvalue weighted by atomic mass is 79.9. The van der Waals surface area contributed by atoms with Crippen molar-refractivity contribution < 1.29 is 14.4 Å². The summed E-state index contributed by atoms with van der Waals surface area (Å²) in [6.45, 7) is 0. The zero-order valence-electron chi connectivity index (χ0n) is 12.3. The van der Waals surface area contributed by atoms with Gasteiger partial charge in [0.05, 0.1) is 12.8 Å². The van der Waals surface area contributed by atoms with Crippen molar-refractivity contribution in [3.63, 3.8) is 0 Å². The Labute approximate surface area is 141 Å². The number of methoxy groups -OCH3 is 1. The van der Waals surface area contributed by atoms with E-state index in [2.05, 4.69) is 31.4 Å². The van der Waals surface area contributed by atoms with E-state index < -0.39 is 6.10 Å². The van der Waals surface area contributed by atoms with E-state index in [9.17, 15) is 4.79 Å². The Balaban J connectivity index is 1.66. The summed E-state index contributed by atoms with van der Waals surface area (Å²) in [5.41, 5.74) is 1.51. The van der Waals surface area contributed by atoms with E-state index in [-0.39, 0.29) is 5.91 Å². The highest BCUT2D eigenvalue weighted by Crippen LogP contribution is 2.25. The molecule has 118 valence electrons. The van der Waals surface area contributed by atoms with Gasteiger partial charge in [0.2, 0.25) is 6.10 Å². The average Bonchev–Trinajstić information content (AvgIpc) is 3.07. The van der Waals surface area contributed by atoms with E-state index in [1.807, 2.05) is 24.3 Å². The van der Waals surface area contributed by atoms with Crippen LogP contribution in [-0.4, -0.2) is 29.8 Å². The number of ether oxygens (including phenoxy) is 1. The number of para-hydroxylation sites is 1. The lowest BCUT2D eigenvalue weighted by Gasteiger charge is -2.09. The van der Waals surface area contributed by atoms with Crippen LogP contribution in [0.4, 0.5) is 5.82 Å². The van der Waals surface area contributed by atoms with Crippen LogP contribution in [0.2, 0.25) is 0 Å². The quantitative estimate of drug-likeness (QED) is 0.891. The standard InChI is InChI=1S/C16H14BrN3O3/c1-22-13-5-3-2-4-11(13)12-8-14(23-20-12)16(21)19-15-7-6-10(17)9-18-15/h2-7,9,14H,8H2,1H3,(H,18,19,21). The zero-order valence-corrected chi connectivity index (χ0v) is 13.9. The molecule has 0 fully saturated rings. The number of hydrogen-bond donors (Lipinski definition) is 1. The van der Waals surface area contributed by atoms with Gasteiger partial charge < -0.3 is 14.9 Å². The highest BCUT2D eigenvalue weighted by Gasteiger charge is 2.30. The fraction of sp³-hybridized carbons (Fsp3) is 0.188. The maximum absolute atomic E-state index is 12.2. The van der Waals surface area contributed by atoms with E-state index in [0.29, 0.717) is 23.7 Å². The van der Waals surface area contributed by atoms with Gasteiger partial charge in [-0.25, -0.2) is 4.98 Å². The van der Waals surface area contributed by atoms with Gasteiger partial charge in [0.15, 0.2) is 0 Å². The van der Waals surface area contributed by atoms with Crippen molar-refractivity contribution in [3.8, 4) is 5.75 Å². The van der Waals surface area contributed by atoms with E-state index in [1.54, 1.807) is 25.4 Å². The topological polar surface area (TPSA) is 72.8 Å². The van der Waals surface area contributed by atoms with Crippen LogP contribution in [-0.2, 0) is 9.63 Å². The Morgan fingerprint density at radius 3 is 2.91 bits per heavy atom. The number of aromatic nitrogens is 1. The normalized spacial score (nSPS) is 16.4. The second-order valence-electron chi connectivity index (χ2n) is 4.89. The lowest BCUT2D eigenvalue weighted by molar-refractivity contribution is -0.125. The number of halogens is 1. The lowest BCUT2D eigenvalue weighted by Crippen LogP contribution is -2.28. The van der Waals surface area contributed by atoms with E-state index in [0.717, 1.165) is 10.0 Å². The first-order valence-electron chi connectivity index (χ1n) is 6.96. The predicted molar refractivity (Wildman–Crippen MR) is 89.6 cm³/mol. The molecule has 1 N–H and O–H groups in total. The van der Waals surface area contributed by atoms with Gasteiger partial charge in [0.25, 0.3) is 5.91 Å². The summed E-state index contributed by atoms with van der Waals surface area (Å²) in [7, 11) is 1.60. The molecule has 6 nitrogen and oxygen atoms in total. The molecule has 0 saturated carbocycles. The summed E-state index contributed by atoms with van der Waals surface area (Å²) in [5, 5.41) is 6.73. The molecule has 0 spiro atoms. The van der Waals surface area contributed by atoms with Crippen LogP contribution in [0.15, 0.2) is 52.2 Å². The molecule has 2 heterocycles. The van der Waals surface area contributed by atoms with Crippen LogP contribution in [0.25, 0.3) is 0 Å². The summed E-state index contributed by atoms with van der Waals surface area (Å²) in [6, 6.07) is 11.0. The second kappa shape index (κ2) is 6.78. The number of carbonyl (C=O) groups is 1. The Kier molecular flexibility index (Phi) is 4.57. The minimum atomic E-state index is -0.680. The van der Waals surface area contributed by atoms with Crippen molar-refractivity contribution in [2.24, 2.45) is 5.16 Å². The number of hydrogen-bond acceptors (Lipinski definition) is 5. The van der Waals surface area contributed by atoms with Gasteiger partial charge in [-0.15, -0.1) is 0 Å². The second-order valence-corrected chi connectivity index (χ2v) is 5.80. The van der Waals surface area contributed by atoms with Crippen LogP contribution >= 0.6 is 15.9 Å². The third-order valence-corrected chi connectivity index (χ3v) is 3.83.